The van der Waals surface area contributed by atoms with Crippen LogP contribution < -0.4 is 5.32 Å². The summed E-state index contributed by atoms with van der Waals surface area (Å²) < 4.78 is 11.6. The van der Waals surface area contributed by atoms with E-state index in [0.717, 1.165) is 31.6 Å². The Hall–Kier alpha value is -0.940. The second kappa shape index (κ2) is 7.90. The number of hydrogen-bond acceptors (Lipinski definition) is 5. The van der Waals surface area contributed by atoms with Crippen LogP contribution in [0.5, 0.6) is 0 Å². The lowest BCUT2D eigenvalue weighted by Gasteiger charge is -2.29. The summed E-state index contributed by atoms with van der Waals surface area (Å²) in [5, 5.41) is 7.62. The molecule has 1 atom stereocenters. The molecule has 120 valence electrons. The summed E-state index contributed by atoms with van der Waals surface area (Å²) in [5.41, 5.74) is -0.325. The van der Waals surface area contributed by atoms with E-state index in [0.29, 0.717) is 18.5 Å². The van der Waals surface area contributed by atoms with Crippen LogP contribution in [0.1, 0.15) is 71.0 Å². The third-order valence-electron chi connectivity index (χ3n) is 4.24. The molecule has 2 rings (SSSR count). The van der Waals surface area contributed by atoms with Crippen LogP contribution in [0.4, 0.5) is 0 Å². The van der Waals surface area contributed by atoms with Crippen molar-refractivity contribution in [1.29, 1.82) is 0 Å². The first-order chi connectivity index (χ1) is 10.2. The highest BCUT2D eigenvalue weighted by Gasteiger charge is 2.38. The lowest BCUT2D eigenvalue weighted by Crippen LogP contribution is -2.31. The molecule has 1 aromatic rings. The Kier molecular flexibility index (Phi) is 6.18. The molecule has 0 amide bonds. The zero-order valence-electron chi connectivity index (χ0n) is 13.7. The predicted molar refractivity (Wildman–Crippen MR) is 82.1 cm³/mol. The summed E-state index contributed by atoms with van der Waals surface area (Å²) >= 11 is 0. The first-order valence-electron chi connectivity index (χ1n) is 8.40. The van der Waals surface area contributed by atoms with Crippen molar-refractivity contribution in [3.05, 3.63) is 11.7 Å². The number of nitrogens with one attached hydrogen (secondary N) is 1. The summed E-state index contributed by atoms with van der Waals surface area (Å²) in [5.74, 6) is 1.46. The van der Waals surface area contributed by atoms with Crippen LogP contribution in [0.15, 0.2) is 4.52 Å². The van der Waals surface area contributed by atoms with Crippen molar-refractivity contribution in [3.8, 4) is 0 Å². The van der Waals surface area contributed by atoms with Gasteiger partial charge in [0.2, 0.25) is 11.7 Å². The van der Waals surface area contributed by atoms with Crippen molar-refractivity contribution in [3.63, 3.8) is 0 Å². The fourth-order valence-corrected chi connectivity index (χ4v) is 3.21. The van der Waals surface area contributed by atoms with Gasteiger partial charge in [0, 0.05) is 19.1 Å². The van der Waals surface area contributed by atoms with Crippen LogP contribution in [0, 0.1) is 0 Å². The second-order valence-electron chi connectivity index (χ2n) is 6.02. The fraction of sp³-hybridized carbons (Fsp3) is 0.875. The van der Waals surface area contributed by atoms with Gasteiger partial charge in [0.15, 0.2) is 0 Å². The van der Waals surface area contributed by atoms with E-state index in [2.05, 4.69) is 29.3 Å². The topological polar surface area (TPSA) is 60.2 Å². The minimum Gasteiger partial charge on any atom is -0.367 e. The second-order valence-corrected chi connectivity index (χ2v) is 6.02. The van der Waals surface area contributed by atoms with Crippen molar-refractivity contribution in [2.24, 2.45) is 0 Å². The monoisotopic (exact) mass is 295 g/mol. The molecule has 0 radical (unpaired) electrons. The van der Waals surface area contributed by atoms with Gasteiger partial charge >= 0.3 is 0 Å². The average Bonchev–Trinajstić information content (AvgIpc) is 2.79. The van der Waals surface area contributed by atoms with E-state index in [9.17, 15) is 0 Å². The summed E-state index contributed by atoms with van der Waals surface area (Å²) in [6, 6.07) is 0.348. The Morgan fingerprint density at radius 2 is 1.95 bits per heavy atom. The van der Waals surface area contributed by atoms with E-state index >= 15 is 0 Å². The Labute approximate surface area is 127 Å². The third-order valence-corrected chi connectivity index (χ3v) is 4.24. The normalized spacial score (nSPS) is 20.1. The van der Waals surface area contributed by atoms with Crippen LogP contribution in [-0.4, -0.2) is 29.3 Å². The number of nitrogens with zero attached hydrogens (tertiary/aromatic N) is 2. The highest BCUT2D eigenvalue weighted by Crippen LogP contribution is 2.38. The molecule has 1 heterocycles. The Bertz CT molecular complexity index is 411. The Morgan fingerprint density at radius 3 is 2.57 bits per heavy atom. The van der Waals surface area contributed by atoms with E-state index in [1.54, 1.807) is 0 Å². The van der Waals surface area contributed by atoms with E-state index in [1.807, 2.05) is 6.92 Å². The molecule has 1 fully saturated rings. The van der Waals surface area contributed by atoms with Crippen LogP contribution in [0.3, 0.4) is 0 Å². The smallest absolute Gasteiger partial charge is 0.228 e. The number of rotatable bonds is 7. The van der Waals surface area contributed by atoms with Crippen LogP contribution in [0.2, 0.25) is 0 Å². The molecule has 0 bridgehead atoms. The van der Waals surface area contributed by atoms with Crippen LogP contribution in [0.25, 0.3) is 0 Å². The molecule has 5 nitrogen and oxygen atoms in total. The first kappa shape index (κ1) is 16.4. The SMILES string of the molecule is CCNC(C)Cc1nc(C2(OCC)CCCCCC2)no1. The maximum Gasteiger partial charge on any atom is 0.228 e. The molecule has 1 aromatic heterocycles. The highest BCUT2D eigenvalue weighted by atomic mass is 16.5. The molecular weight excluding hydrogens is 266 g/mol. The van der Waals surface area contributed by atoms with Gasteiger partial charge in [-0.1, -0.05) is 37.8 Å². The maximum absolute atomic E-state index is 6.10. The van der Waals surface area contributed by atoms with Gasteiger partial charge in [0.25, 0.3) is 0 Å². The molecule has 0 aliphatic heterocycles. The summed E-state index contributed by atoms with van der Waals surface area (Å²) in [6.45, 7) is 7.92. The van der Waals surface area contributed by atoms with Gasteiger partial charge in [-0.25, -0.2) is 0 Å². The van der Waals surface area contributed by atoms with E-state index in [-0.39, 0.29) is 5.60 Å². The van der Waals surface area contributed by atoms with Gasteiger partial charge in [-0.15, -0.1) is 0 Å². The molecule has 1 unspecified atom stereocenters. The summed E-state index contributed by atoms with van der Waals surface area (Å²) in [6.07, 6.45) is 7.68. The van der Waals surface area contributed by atoms with Gasteiger partial charge in [0.1, 0.15) is 5.60 Å². The van der Waals surface area contributed by atoms with Gasteiger partial charge in [0.05, 0.1) is 0 Å². The van der Waals surface area contributed by atoms with Gasteiger partial charge in [-0.2, -0.15) is 4.98 Å². The number of hydrogen-bond donors (Lipinski definition) is 1. The highest BCUT2D eigenvalue weighted by molar-refractivity contribution is 5.03. The molecule has 1 saturated carbocycles. The standard InChI is InChI=1S/C16H29N3O2/c1-4-17-13(3)12-14-18-15(19-21-14)16(20-5-2)10-8-6-7-9-11-16/h13,17H,4-12H2,1-3H3. The molecule has 0 spiro atoms. The number of aromatic nitrogens is 2. The average molecular weight is 295 g/mol. The van der Waals surface area contributed by atoms with E-state index in [4.69, 9.17) is 9.26 Å². The molecular formula is C16H29N3O2. The van der Waals surface area contributed by atoms with E-state index < -0.39 is 0 Å². The predicted octanol–water partition coefficient (Wildman–Crippen LogP) is 3.20. The molecule has 0 saturated heterocycles. The molecule has 5 heteroatoms. The number of likely N-dealkylation sites (N-methyl/N-ethyl adjacent to an activating group) is 1. The lowest BCUT2D eigenvalue weighted by molar-refractivity contribution is -0.0636. The molecule has 1 aliphatic carbocycles. The minimum absolute atomic E-state index is 0.325. The summed E-state index contributed by atoms with van der Waals surface area (Å²) in [4.78, 5) is 4.65. The molecule has 21 heavy (non-hydrogen) atoms. The molecule has 1 N–H and O–H groups in total. The first-order valence-corrected chi connectivity index (χ1v) is 8.40. The van der Waals surface area contributed by atoms with Gasteiger partial charge in [-0.05, 0) is 33.2 Å². The fourth-order valence-electron chi connectivity index (χ4n) is 3.21. The van der Waals surface area contributed by atoms with Crippen molar-refractivity contribution in [1.82, 2.24) is 15.5 Å². The lowest BCUT2D eigenvalue weighted by atomic mass is 9.93. The van der Waals surface area contributed by atoms with Crippen LogP contribution in [-0.2, 0) is 16.8 Å². The zero-order valence-corrected chi connectivity index (χ0v) is 13.7. The van der Waals surface area contributed by atoms with Crippen molar-refractivity contribution >= 4 is 0 Å². The third kappa shape index (κ3) is 4.27. The quantitative estimate of drug-likeness (QED) is 0.783. The van der Waals surface area contributed by atoms with Crippen molar-refractivity contribution < 1.29 is 9.26 Å². The largest absolute Gasteiger partial charge is 0.367 e. The van der Waals surface area contributed by atoms with Gasteiger partial charge < -0.3 is 14.6 Å². The van der Waals surface area contributed by atoms with Gasteiger partial charge in [-0.3, -0.25) is 0 Å². The number of ether oxygens (including phenoxy) is 1. The van der Waals surface area contributed by atoms with Crippen LogP contribution >= 0.6 is 0 Å². The minimum atomic E-state index is -0.325. The zero-order chi connectivity index (χ0) is 15.1. The summed E-state index contributed by atoms with van der Waals surface area (Å²) in [7, 11) is 0. The maximum atomic E-state index is 6.10. The molecule has 0 aromatic carbocycles. The van der Waals surface area contributed by atoms with E-state index in [1.165, 1.54) is 25.7 Å². The van der Waals surface area contributed by atoms with Crippen molar-refractivity contribution in [2.45, 2.75) is 77.4 Å². The molecule has 1 aliphatic rings. The Morgan fingerprint density at radius 1 is 1.24 bits per heavy atom. The Balaban J connectivity index is 2.11. The van der Waals surface area contributed by atoms with Crippen molar-refractivity contribution in [2.75, 3.05) is 13.2 Å².